The van der Waals surface area contributed by atoms with E-state index in [2.05, 4.69) is 10.4 Å². The molecule has 0 aliphatic carbocycles. The Morgan fingerprint density at radius 1 is 1.29 bits per heavy atom. The van der Waals surface area contributed by atoms with Crippen LogP contribution in [0.4, 0.5) is 5.82 Å². The van der Waals surface area contributed by atoms with Gasteiger partial charge in [-0.25, -0.2) is 10.8 Å². The molecule has 14 heavy (non-hydrogen) atoms. The third-order valence-corrected chi connectivity index (χ3v) is 2.12. The molecule has 0 aliphatic rings. The first-order valence-corrected chi connectivity index (χ1v) is 4.25. The van der Waals surface area contributed by atoms with Gasteiger partial charge in [0.15, 0.2) is 0 Å². The van der Waals surface area contributed by atoms with E-state index in [9.17, 15) is 0 Å². The second-order valence-corrected chi connectivity index (χ2v) is 2.87. The van der Waals surface area contributed by atoms with Gasteiger partial charge in [0.25, 0.3) is 0 Å². The minimum absolute atomic E-state index is 0.654. The maximum Gasteiger partial charge on any atom is 0.148 e. The standard InChI is InChI=1S/C10H11N3O/c1-14-9-6-12-10(13-11)8-5-3-2-4-7(8)9/h2-6H,11H2,1H3,(H,12,13). The number of nitrogen functional groups attached to an aromatic ring is 1. The molecule has 4 nitrogen and oxygen atoms in total. The number of nitrogens with zero attached hydrogens (tertiary/aromatic N) is 1. The van der Waals surface area contributed by atoms with E-state index >= 15 is 0 Å². The zero-order valence-corrected chi connectivity index (χ0v) is 7.82. The molecule has 1 aromatic heterocycles. The number of pyridine rings is 1. The van der Waals surface area contributed by atoms with Crippen molar-refractivity contribution in [1.29, 1.82) is 0 Å². The van der Waals surface area contributed by atoms with E-state index in [4.69, 9.17) is 10.6 Å². The van der Waals surface area contributed by atoms with Crippen molar-refractivity contribution in [2.24, 2.45) is 5.84 Å². The van der Waals surface area contributed by atoms with Gasteiger partial charge in [0.1, 0.15) is 11.6 Å². The molecule has 0 saturated heterocycles. The highest BCUT2D eigenvalue weighted by Gasteiger charge is 2.05. The number of benzene rings is 1. The van der Waals surface area contributed by atoms with Gasteiger partial charge in [-0.15, -0.1) is 0 Å². The van der Waals surface area contributed by atoms with Gasteiger partial charge in [-0.3, -0.25) is 0 Å². The summed E-state index contributed by atoms with van der Waals surface area (Å²) in [6.07, 6.45) is 1.65. The number of nitrogens with one attached hydrogen (secondary N) is 1. The van der Waals surface area contributed by atoms with Crippen molar-refractivity contribution in [2.75, 3.05) is 12.5 Å². The molecule has 72 valence electrons. The van der Waals surface area contributed by atoms with Gasteiger partial charge in [0.2, 0.25) is 0 Å². The van der Waals surface area contributed by atoms with Crippen LogP contribution >= 0.6 is 0 Å². The predicted molar refractivity (Wildman–Crippen MR) is 56.1 cm³/mol. The number of aromatic nitrogens is 1. The first-order chi connectivity index (χ1) is 6.86. The molecule has 0 saturated carbocycles. The molecule has 0 unspecified atom stereocenters. The average Bonchev–Trinajstić information content (AvgIpc) is 2.27. The molecule has 0 bridgehead atoms. The number of hydrogen-bond acceptors (Lipinski definition) is 4. The second-order valence-electron chi connectivity index (χ2n) is 2.87. The summed E-state index contributed by atoms with van der Waals surface area (Å²) in [5.41, 5.74) is 2.55. The highest BCUT2D eigenvalue weighted by atomic mass is 16.5. The van der Waals surface area contributed by atoms with E-state index in [0.717, 1.165) is 16.5 Å². The average molecular weight is 189 g/mol. The van der Waals surface area contributed by atoms with Crippen molar-refractivity contribution in [3.63, 3.8) is 0 Å². The molecule has 0 amide bonds. The Hall–Kier alpha value is -1.81. The summed E-state index contributed by atoms with van der Waals surface area (Å²) in [7, 11) is 1.62. The van der Waals surface area contributed by atoms with Crippen LogP contribution in [0.5, 0.6) is 5.75 Å². The fourth-order valence-corrected chi connectivity index (χ4v) is 1.44. The van der Waals surface area contributed by atoms with Crippen LogP contribution in [-0.4, -0.2) is 12.1 Å². The highest BCUT2D eigenvalue weighted by molar-refractivity contribution is 5.95. The normalized spacial score (nSPS) is 10.1. The van der Waals surface area contributed by atoms with E-state index in [1.807, 2.05) is 24.3 Å². The predicted octanol–water partition coefficient (Wildman–Crippen LogP) is 1.53. The van der Waals surface area contributed by atoms with Crippen molar-refractivity contribution in [3.8, 4) is 5.75 Å². The Morgan fingerprint density at radius 2 is 2.00 bits per heavy atom. The lowest BCUT2D eigenvalue weighted by atomic mass is 10.1. The fourth-order valence-electron chi connectivity index (χ4n) is 1.44. The van der Waals surface area contributed by atoms with Crippen molar-refractivity contribution >= 4 is 16.6 Å². The van der Waals surface area contributed by atoms with E-state index in [0.29, 0.717) is 5.82 Å². The Labute approximate surface area is 81.7 Å². The summed E-state index contributed by atoms with van der Waals surface area (Å²) in [6.45, 7) is 0. The van der Waals surface area contributed by atoms with Crippen LogP contribution in [0.15, 0.2) is 30.5 Å². The molecule has 0 fully saturated rings. The van der Waals surface area contributed by atoms with E-state index in [-0.39, 0.29) is 0 Å². The first-order valence-electron chi connectivity index (χ1n) is 4.25. The van der Waals surface area contributed by atoms with Crippen LogP contribution in [-0.2, 0) is 0 Å². The summed E-state index contributed by atoms with van der Waals surface area (Å²) < 4.78 is 5.20. The SMILES string of the molecule is COc1cnc(NN)c2ccccc12. The Kier molecular flexibility index (Phi) is 2.20. The number of ether oxygens (including phenoxy) is 1. The molecule has 0 atom stereocenters. The van der Waals surface area contributed by atoms with Crippen LogP contribution in [0.1, 0.15) is 0 Å². The van der Waals surface area contributed by atoms with Gasteiger partial charge in [0, 0.05) is 10.8 Å². The van der Waals surface area contributed by atoms with Crippen LogP contribution in [0.2, 0.25) is 0 Å². The number of anilines is 1. The fraction of sp³-hybridized carbons (Fsp3) is 0.100. The molecule has 0 spiro atoms. The molecule has 1 heterocycles. The molecule has 2 aromatic rings. The third-order valence-electron chi connectivity index (χ3n) is 2.12. The molecular formula is C10H11N3O. The zero-order chi connectivity index (χ0) is 9.97. The van der Waals surface area contributed by atoms with Crippen LogP contribution < -0.4 is 16.0 Å². The molecule has 0 radical (unpaired) electrons. The summed E-state index contributed by atoms with van der Waals surface area (Å²) in [6, 6.07) is 7.80. The molecule has 2 rings (SSSR count). The van der Waals surface area contributed by atoms with Crippen molar-refractivity contribution in [3.05, 3.63) is 30.5 Å². The van der Waals surface area contributed by atoms with Gasteiger partial charge in [-0.1, -0.05) is 24.3 Å². The summed E-state index contributed by atoms with van der Waals surface area (Å²) in [5, 5.41) is 1.95. The largest absolute Gasteiger partial charge is 0.494 e. The van der Waals surface area contributed by atoms with E-state index in [1.54, 1.807) is 13.3 Å². The smallest absolute Gasteiger partial charge is 0.148 e. The quantitative estimate of drug-likeness (QED) is 0.555. The lowest BCUT2D eigenvalue weighted by molar-refractivity contribution is 0.418. The van der Waals surface area contributed by atoms with Crippen LogP contribution in [0.3, 0.4) is 0 Å². The van der Waals surface area contributed by atoms with Crippen molar-refractivity contribution in [1.82, 2.24) is 4.98 Å². The second kappa shape index (κ2) is 3.51. The first kappa shape index (κ1) is 8.77. The lowest BCUT2D eigenvalue weighted by Crippen LogP contribution is -2.09. The third kappa shape index (κ3) is 1.25. The van der Waals surface area contributed by atoms with Crippen LogP contribution in [0.25, 0.3) is 10.8 Å². The van der Waals surface area contributed by atoms with Gasteiger partial charge in [-0.05, 0) is 0 Å². The van der Waals surface area contributed by atoms with Crippen molar-refractivity contribution < 1.29 is 4.74 Å². The minimum atomic E-state index is 0.654. The number of hydrazine groups is 1. The van der Waals surface area contributed by atoms with Gasteiger partial charge in [-0.2, -0.15) is 0 Å². The number of fused-ring (bicyclic) bond motifs is 1. The zero-order valence-electron chi connectivity index (χ0n) is 7.82. The minimum Gasteiger partial charge on any atom is -0.494 e. The monoisotopic (exact) mass is 189 g/mol. The van der Waals surface area contributed by atoms with Crippen LogP contribution in [0, 0.1) is 0 Å². The number of methoxy groups -OCH3 is 1. The molecule has 3 N–H and O–H groups in total. The highest BCUT2D eigenvalue weighted by Crippen LogP contribution is 2.28. The lowest BCUT2D eigenvalue weighted by Gasteiger charge is -2.08. The molecule has 0 aliphatic heterocycles. The summed E-state index contributed by atoms with van der Waals surface area (Å²) in [4.78, 5) is 4.14. The van der Waals surface area contributed by atoms with Gasteiger partial charge >= 0.3 is 0 Å². The summed E-state index contributed by atoms with van der Waals surface area (Å²) >= 11 is 0. The summed E-state index contributed by atoms with van der Waals surface area (Å²) in [5.74, 6) is 6.76. The van der Waals surface area contributed by atoms with Gasteiger partial charge in [0.05, 0.1) is 13.3 Å². The maximum absolute atomic E-state index is 5.35. The van der Waals surface area contributed by atoms with E-state index < -0.39 is 0 Å². The molecule has 1 aromatic carbocycles. The number of rotatable bonds is 2. The van der Waals surface area contributed by atoms with E-state index in [1.165, 1.54) is 0 Å². The Balaban J connectivity index is 2.78. The maximum atomic E-state index is 5.35. The Bertz CT molecular complexity index is 414. The Morgan fingerprint density at radius 3 is 2.64 bits per heavy atom. The number of hydrogen-bond donors (Lipinski definition) is 2. The van der Waals surface area contributed by atoms with Crippen molar-refractivity contribution in [2.45, 2.75) is 0 Å². The molecular weight excluding hydrogens is 178 g/mol. The topological polar surface area (TPSA) is 60.2 Å². The number of nitrogens with two attached hydrogens (primary N) is 1. The molecule has 4 heteroatoms. The van der Waals surface area contributed by atoms with Gasteiger partial charge < -0.3 is 10.2 Å².